The van der Waals surface area contributed by atoms with E-state index in [2.05, 4.69) is 22.3 Å². The van der Waals surface area contributed by atoms with Gasteiger partial charge in [0.15, 0.2) is 5.76 Å². The molecule has 8 heteroatoms. The first-order valence-electron chi connectivity index (χ1n) is 13.9. The molecule has 2 heterocycles. The summed E-state index contributed by atoms with van der Waals surface area (Å²) in [7, 11) is 0. The van der Waals surface area contributed by atoms with Gasteiger partial charge in [0, 0.05) is 24.7 Å². The molecule has 37 heavy (non-hydrogen) atoms. The number of ether oxygens (including phenoxy) is 1. The zero-order valence-corrected chi connectivity index (χ0v) is 21.7. The van der Waals surface area contributed by atoms with E-state index in [0.29, 0.717) is 36.1 Å². The SMILES string of the molecule is Cc1noc(C2CCN(c3ccc(C4(C(=O)O)CC4)cc3)CC2)c1NC(=O)OC1C(C)C[C@@H]2CC[C@H]1C2. The number of hydrogen-bond acceptors (Lipinski definition) is 6. The second-order valence-electron chi connectivity index (χ2n) is 11.8. The number of aliphatic carboxylic acids is 1. The molecule has 0 spiro atoms. The lowest BCUT2D eigenvalue weighted by Crippen LogP contribution is -2.37. The van der Waals surface area contributed by atoms with Crippen LogP contribution in [0.15, 0.2) is 28.8 Å². The van der Waals surface area contributed by atoms with Gasteiger partial charge < -0.3 is 19.3 Å². The smallest absolute Gasteiger partial charge is 0.412 e. The Morgan fingerprint density at radius 1 is 1.11 bits per heavy atom. The Balaban J connectivity index is 1.07. The molecule has 1 aliphatic heterocycles. The molecule has 1 saturated heterocycles. The molecule has 6 rings (SSSR count). The number of hydrogen-bond donors (Lipinski definition) is 2. The molecule has 4 atom stereocenters. The zero-order chi connectivity index (χ0) is 25.7. The van der Waals surface area contributed by atoms with Crippen LogP contribution in [-0.2, 0) is 14.9 Å². The van der Waals surface area contributed by atoms with Crippen LogP contribution in [0.1, 0.15) is 81.2 Å². The Labute approximate surface area is 217 Å². The third-order valence-corrected chi connectivity index (χ3v) is 9.48. The summed E-state index contributed by atoms with van der Waals surface area (Å²) in [6.45, 7) is 5.75. The quantitative estimate of drug-likeness (QED) is 0.505. The molecule has 4 fully saturated rings. The van der Waals surface area contributed by atoms with Crippen LogP contribution in [0.4, 0.5) is 16.2 Å². The van der Waals surface area contributed by atoms with Crippen molar-refractivity contribution < 1.29 is 24.0 Å². The minimum absolute atomic E-state index is 0.0118. The van der Waals surface area contributed by atoms with Crippen molar-refractivity contribution in [2.24, 2.45) is 17.8 Å². The van der Waals surface area contributed by atoms with Crippen molar-refractivity contribution in [2.45, 2.75) is 82.7 Å². The Morgan fingerprint density at radius 2 is 1.84 bits per heavy atom. The Hall–Kier alpha value is -3.03. The van der Waals surface area contributed by atoms with E-state index in [1.807, 2.05) is 31.2 Å². The van der Waals surface area contributed by atoms with Crippen LogP contribution in [-0.4, -0.2) is 41.5 Å². The third-order valence-electron chi connectivity index (χ3n) is 9.48. The van der Waals surface area contributed by atoms with Crippen molar-refractivity contribution in [3.63, 3.8) is 0 Å². The van der Waals surface area contributed by atoms with Gasteiger partial charge in [-0.2, -0.15) is 0 Å². The van der Waals surface area contributed by atoms with Crippen LogP contribution in [0.3, 0.4) is 0 Å². The van der Waals surface area contributed by atoms with E-state index in [4.69, 9.17) is 9.26 Å². The van der Waals surface area contributed by atoms with Crippen LogP contribution >= 0.6 is 0 Å². The van der Waals surface area contributed by atoms with Crippen molar-refractivity contribution in [1.82, 2.24) is 5.16 Å². The second kappa shape index (κ2) is 9.37. The molecule has 2 unspecified atom stereocenters. The van der Waals surface area contributed by atoms with Crippen LogP contribution < -0.4 is 10.2 Å². The number of rotatable bonds is 6. The molecular weight excluding hydrogens is 470 g/mol. The van der Waals surface area contributed by atoms with E-state index in [1.54, 1.807) is 0 Å². The minimum atomic E-state index is -0.725. The predicted octanol–water partition coefficient (Wildman–Crippen LogP) is 5.86. The topological polar surface area (TPSA) is 105 Å². The minimum Gasteiger partial charge on any atom is -0.481 e. The summed E-state index contributed by atoms with van der Waals surface area (Å²) in [4.78, 5) is 26.9. The van der Waals surface area contributed by atoms with Crippen LogP contribution in [0.2, 0.25) is 0 Å². The Morgan fingerprint density at radius 3 is 2.51 bits per heavy atom. The van der Waals surface area contributed by atoms with Gasteiger partial charge in [-0.25, -0.2) is 4.79 Å². The van der Waals surface area contributed by atoms with Gasteiger partial charge in [0.25, 0.3) is 0 Å². The lowest BCUT2D eigenvalue weighted by Gasteiger charge is -2.34. The van der Waals surface area contributed by atoms with Crippen LogP contribution in [0, 0.1) is 24.7 Å². The summed E-state index contributed by atoms with van der Waals surface area (Å²) in [5, 5.41) is 16.7. The maximum absolute atomic E-state index is 12.9. The third kappa shape index (κ3) is 4.48. The fraction of sp³-hybridized carbons (Fsp3) is 0.621. The van der Waals surface area contributed by atoms with Gasteiger partial charge in [-0.05, 0) is 87.3 Å². The fourth-order valence-electron chi connectivity index (χ4n) is 7.18. The highest BCUT2D eigenvalue weighted by Gasteiger charge is 2.51. The maximum Gasteiger partial charge on any atom is 0.412 e. The van der Waals surface area contributed by atoms with E-state index in [-0.39, 0.29) is 12.0 Å². The summed E-state index contributed by atoms with van der Waals surface area (Å²) in [6, 6.07) is 8.02. The number of fused-ring (bicyclic) bond motifs is 2. The zero-order valence-electron chi connectivity index (χ0n) is 21.7. The number of nitrogens with one attached hydrogen (secondary N) is 1. The van der Waals surface area contributed by atoms with E-state index < -0.39 is 17.5 Å². The molecule has 1 amide bonds. The highest BCUT2D eigenvalue weighted by molar-refractivity contribution is 5.86. The molecule has 0 radical (unpaired) electrons. The maximum atomic E-state index is 12.9. The van der Waals surface area contributed by atoms with Gasteiger partial charge in [-0.15, -0.1) is 0 Å². The first kappa shape index (κ1) is 24.3. The summed E-state index contributed by atoms with van der Waals surface area (Å²) in [5.74, 6) is 1.87. The standard InChI is InChI=1S/C29H37N3O5/c1-17-15-19-3-4-21(16-19)25(17)36-28(35)30-24-18(2)31-37-26(24)20-9-13-32(14-10-20)23-7-5-22(6-8-23)29(11-12-29)27(33)34/h5-8,17,19-21,25H,3-4,9-16H2,1-2H3,(H,30,35)(H,33,34)/t17?,19-,21-,25?/m0/s1. The highest BCUT2D eigenvalue weighted by atomic mass is 16.6. The number of piperidine rings is 1. The number of anilines is 2. The van der Waals surface area contributed by atoms with Crippen molar-refractivity contribution in [2.75, 3.05) is 23.3 Å². The molecule has 1 aromatic heterocycles. The largest absolute Gasteiger partial charge is 0.481 e. The van der Waals surface area contributed by atoms with Crippen LogP contribution in [0.5, 0.6) is 0 Å². The summed E-state index contributed by atoms with van der Waals surface area (Å²) in [5.41, 5.74) is 2.66. The monoisotopic (exact) mass is 507 g/mol. The summed E-state index contributed by atoms with van der Waals surface area (Å²) in [6.07, 6.45) is 7.52. The molecule has 198 valence electrons. The number of carboxylic acid groups (broad SMARTS) is 1. The number of nitrogens with zero attached hydrogens (tertiary/aromatic N) is 2. The molecule has 1 aromatic carbocycles. The summed E-state index contributed by atoms with van der Waals surface area (Å²) < 4.78 is 11.7. The first-order chi connectivity index (χ1) is 17.8. The van der Waals surface area contributed by atoms with Gasteiger partial charge in [0.05, 0.1) is 5.41 Å². The van der Waals surface area contributed by atoms with E-state index >= 15 is 0 Å². The van der Waals surface area contributed by atoms with Gasteiger partial charge in [0.2, 0.25) is 0 Å². The molecule has 4 aliphatic rings. The van der Waals surface area contributed by atoms with Gasteiger partial charge in [-0.1, -0.05) is 30.6 Å². The summed E-state index contributed by atoms with van der Waals surface area (Å²) >= 11 is 0. The number of benzene rings is 1. The average molecular weight is 508 g/mol. The van der Waals surface area contributed by atoms with E-state index in [1.165, 1.54) is 12.8 Å². The molecule has 2 N–H and O–H groups in total. The molecular formula is C29H37N3O5. The normalized spacial score (nSPS) is 28.6. The van der Waals surface area contributed by atoms with Crippen molar-refractivity contribution >= 4 is 23.4 Å². The fourth-order valence-corrected chi connectivity index (χ4v) is 7.18. The van der Waals surface area contributed by atoms with E-state index in [0.717, 1.165) is 61.7 Å². The van der Waals surface area contributed by atoms with Gasteiger partial charge >= 0.3 is 12.1 Å². The van der Waals surface area contributed by atoms with E-state index in [9.17, 15) is 14.7 Å². The van der Waals surface area contributed by atoms with Crippen molar-refractivity contribution in [1.29, 1.82) is 0 Å². The highest BCUT2D eigenvalue weighted by Crippen LogP contribution is 2.49. The molecule has 3 aliphatic carbocycles. The number of amides is 1. The number of carbonyl (C=O) groups is 2. The Bertz CT molecular complexity index is 1160. The lowest BCUT2D eigenvalue weighted by molar-refractivity contribution is -0.140. The lowest BCUT2D eigenvalue weighted by atomic mass is 9.79. The number of aryl methyl sites for hydroxylation is 1. The predicted molar refractivity (Wildman–Crippen MR) is 139 cm³/mol. The number of aromatic nitrogens is 1. The molecule has 2 aromatic rings. The average Bonchev–Trinajstić information content (AvgIpc) is 3.51. The van der Waals surface area contributed by atoms with Gasteiger partial charge in [-0.3, -0.25) is 10.1 Å². The first-order valence-corrected chi connectivity index (χ1v) is 13.9. The molecule has 3 saturated carbocycles. The van der Waals surface area contributed by atoms with Crippen molar-refractivity contribution in [3.05, 3.63) is 41.3 Å². The molecule has 2 bridgehead atoms. The Kier molecular flexibility index (Phi) is 6.16. The second-order valence-corrected chi connectivity index (χ2v) is 11.8. The van der Waals surface area contributed by atoms with Crippen LogP contribution in [0.25, 0.3) is 0 Å². The molecule has 8 nitrogen and oxygen atoms in total. The van der Waals surface area contributed by atoms with Crippen molar-refractivity contribution in [3.8, 4) is 0 Å². The van der Waals surface area contributed by atoms with Gasteiger partial charge in [0.1, 0.15) is 17.5 Å². The number of carboxylic acids is 1. The number of carbonyl (C=O) groups excluding carboxylic acids is 1.